The molecule has 0 aliphatic rings. The molecule has 2 rings (SSSR count). The first kappa shape index (κ1) is 8.68. The van der Waals surface area contributed by atoms with E-state index >= 15 is 0 Å². The standard InChI is InChI=1S/C9H11N5/c1-2-8-11-3-4-14(8)9-6-12-7(10)5-13-9/h3-6H,2H2,1H3,(H2,10,12). The number of imidazole rings is 1. The summed E-state index contributed by atoms with van der Waals surface area (Å²) < 4.78 is 1.90. The number of nitrogens with zero attached hydrogens (tertiary/aromatic N) is 4. The van der Waals surface area contributed by atoms with Crippen LogP contribution in [0.1, 0.15) is 12.7 Å². The van der Waals surface area contributed by atoms with Crippen molar-refractivity contribution < 1.29 is 0 Å². The lowest BCUT2D eigenvalue weighted by molar-refractivity contribution is 0.861. The molecule has 0 aromatic carbocycles. The second kappa shape index (κ2) is 3.45. The molecule has 0 atom stereocenters. The number of aryl methyl sites for hydroxylation is 1. The summed E-state index contributed by atoms with van der Waals surface area (Å²) in [7, 11) is 0. The van der Waals surface area contributed by atoms with Gasteiger partial charge in [-0.1, -0.05) is 6.92 Å². The van der Waals surface area contributed by atoms with Crippen molar-refractivity contribution in [3.8, 4) is 5.82 Å². The molecule has 5 heteroatoms. The average Bonchev–Trinajstić information content (AvgIpc) is 2.67. The molecule has 5 nitrogen and oxygen atoms in total. The quantitative estimate of drug-likeness (QED) is 0.758. The third-order valence-electron chi connectivity index (χ3n) is 1.94. The SMILES string of the molecule is CCc1nccn1-c1cnc(N)cn1. The highest BCUT2D eigenvalue weighted by Crippen LogP contribution is 2.07. The molecule has 14 heavy (non-hydrogen) atoms. The van der Waals surface area contributed by atoms with Crippen LogP contribution in [-0.2, 0) is 6.42 Å². The summed E-state index contributed by atoms with van der Waals surface area (Å²) in [4.78, 5) is 12.3. The monoisotopic (exact) mass is 189 g/mol. The van der Waals surface area contributed by atoms with Crippen molar-refractivity contribution in [2.45, 2.75) is 13.3 Å². The van der Waals surface area contributed by atoms with Crippen molar-refractivity contribution in [2.24, 2.45) is 0 Å². The van der Waals surface area contributed by atoms with E-state index in [0.717, 1.165) is 18.1 Å². The van der Waals surface area contributed by atoms with Crippen LogP contribution in [0.25, 0.3) is 5.82 Å². The van der Waals surface area contributed by atoms with Gasteiger partial charge in [-0.2, -0.15) is 0 Å². The Labute approximate surface area is 81.6 Å². The van der Waals surface area contributed by atoms with Gasteiger partial charge in [0.2, 0.25) is 0 Å². The number of aromatic nitrogens is 4. The fraction of sp³-hybridized carbons (Fsp3) is 0.222. The third kappa shape index (κ3) is 1.44. The minimum Gasteiger partial charge on any atom is -0.382 e. The van der Waals surface area contributed by atoms with Crippen molar-refractivity contribution in [1.29, 1.82) is 0 Å². The lowest BCUT2D eigenvalue weighted by Gasteiger charge is -2.04. The summed E-state index contributed by atoms with van der Waals surface area (Å²) in [5, 5.41) is 0. The van der Waals surface area contributed by atoms with E-state index in [-0.39, 0.29) is 0 Å². The highest BCUT2D eigenvalue weighted by atomic mass is 15.1. The molecular weight excluding hydrogens is 178 g/mol. The summed E-state index contributed by atoms with van der Waals surface area (Å²) in [5.41, 5.74) is 5.45. The van der Waals surface area contributed by atoms with Crippen molar-refractivity contribution in [3.05, 3.63) is 30.6 Å². The Morgan fingerprint density at radius 2 is 2.14 bits per heavy atom. The van der Waals surface area contributed by atoms with Gasteiger partial charge in [0.15, 0.2) is 5.82 Å². The topological polar surface area (TPSA) is 69.6 Å². The van der Waals surface area contributed by atoms with Gasteiger partial charge in [0.05, 0.1) is 12.4 Å². The number of hydrogen-bond acceptors (Lipinski definition) is 4. The summed E-state index contributed by atoms with van der Waals surface area (Å²) in [6.45, 7) is 2.05. The molecule has 0 saturated heterocycles. The maximum atomic E-state index is 5.45. The molecule has 2 N–H and O–H groups in total. The predicted octanol–water partition coefficient (Wildman–Crippen LogP) is 0.807. The smallest absolute Gasteiger partial charge is 0.156 e. The van der Waals surface area contributed by atoms with Crippen molar-refractivity contribution in [3.63, 3.8) is 0 Å². The summed E-state index contributed by atoms with van der Waals surface area (Å²) in [6, 6.07) is 0. The summed E-state index contributed by atoms with van der Waals surface area (Å²) in [6.07, 6.45) is 7.64. The highest BCUT2D eigenvalue weighted by Gasteiger charge is 2.03. The van der Waals surface area contributed by atoms with Gasteiger partial charge in [-0.05, 0) is 0 Å². The average molecular weight is 189 g/mol. The molecule has 0 aliphatic carbocycles. The van der Waals surface area contributed by atoms with Gasteiger partial charge < -0.3 is 5.73 Å². The maximum Gasteiger partial charge on any atom is 0.156 e. The van der Waals surface area contributed by atoms with Gasteiger partial charge in [-0.3, -0.25) is 4.57 Å². The van der Waals surface area contributed by atoms with Crippen LogP contribution in [0.15, 0.2) is 24.8 Å². The van der Waals surface area contributed by atoms with Crippen LogP contribution in [0, 0.1) is 0 Å². The Kier molecular flexibility index (Phi) is 2.14. The Hall–Kier alpha value is -1.91. The zero-order chi connectivity index (χ0) is 9.97. The molecule has 0 amide bonds. The lowest BCUT2D eigenvalue weighted by atomic mass is 10.4. The van der Waals surface area contributed by atoms with Crippen LogP contribution in [0.2, 0.25) is 0 Å². The Balaban J connectivity index is 2.44. The first-order chi connectivity index (χ1) is 6.81. The second-order valence-corrected chi connectivity index (χ2v) is 2.87. The molecule has 2 aromatic rings. The molecule has 0 fully saturated rings. The first-order valence-electron chi connectivity index (χ1n) is 4.41. The van der Waals surface area contributed by atoms with Crippen LogP contribution in [0.4, 0.5) is 5.82 Å². The molecule has 0 aliphatic heterocycles. The molecule has 0 unspecified atom stereocenters. The van der Waals surface area contributed by atoms with Gasteiger partial charge in [-0.25, -0.2) is 15.0 Å². The zero-order valence-corrected chi connectivity index (χ0v) is 7.88. The Morgan fingerprint density at radius 3 is 2.79 bits per heavy atom. The van der Waals surface area contributed by atoms with E-state index in [2.05, 4.69) is 15.0 Å². The van der Waals surface area contributed by atoms with E-state index in [1.165, 1.54) is 6.20 Å². The Bertz CT molecular complexity index is 417. The molecule has 72 valence electrons. The third-order valence-corrected chi connectivity index (χ3v) is 1.94. The van der Waals surface area contributed by atoms with E-state index in [1.54, 1.807) is 12.4 Å². The van der Waals surface area contributed by atoms with E-state index in [4.69, 9.17) is 5.73 Å². The van der Waals surface area contributed by atoms with Crippen molar-refractivity contribution in [2.75, 3.05) is 5.73 Å². The maximum absolute atomic E-state index is 5.45. The lowest BCUT2D eigenvalue weighted by Crippen LogP contribution is -2.03. The van der Waals surface area contributed by atoms with E-state index in [0.29, 0.717) is 5.82 Å². The van der Waals surface area contributed by atoms with Gasteiger partial charge >= 0.3 is 0 Å². The number of hydrogen-bond donors (Lipinski definition) is 1. The minimum absolute atomic E-state index is 0.423. The number of nitrogens with two attached hydrogens (primary N) is 1. The first-order valence-corrected chi connectivity index (χ1v) is 4.41. The summed E-state index contributed by atoms with van der Waals surface area (Å²) >= 11 is 0. The highest BCUT2D eigenvalue weighted by molar-refractivity contribution is 5.29. The largest absolute Gasteiger partial charge is 0.382 e. The number of rotatable bonds is 2. The van der Waals surface area contributed by atoms with Crippen molar-refractivity contribution in [1.82, 2.24) is 19.5 Å². The van der Waals surface area contributed by atoms with Crippen LogP contribution in [0.3, 0.4) is 0 Å². The molecule has 0 saturated carbocycles. The molecular formula is C9H11N5. The fourth-order valence-electron chi connectivity index (χ4n) is 1.26. The molecule has 0 radical (unpaired) electrons. The fourth-order valence-corrected chi connectivity index (χ4v) is 1.26. The molecule has 2 aromatic heterocycles. The summed E-state index contributed by atoms with van der Waals surface area (Å²) in [5.74, 6) is 2.13. The number of anilines is 1. The van der Waals surface area contributed by atoms with Gasteiger partial charge in [-0.15, -0.1) is 0 Å². The zero-order valence-electron chi connectivity index (χ0n) is 7.88. The minimum atomic E-state index is 0.423. The predicted molar refractivity (Wildman–Crippen MR) is 52.9 cm³/mol. The number of nitrogen functional groups attached to an aromatic ring is 1. The van der Waals surface area contributed by atoms with Crippen LogP contribution >= 0.6 is 0 Å². The second-order valence-electron chi connectivity index (χ2n) is 2.87. The van der Waals surface area contributed by atoms with E-state index < -0.39 is 0 Å². The van der Waals surface area contributed by atoms with Crippen LogP contribution in [-0.4, -0.2) is 19.5 Å². The van der Waals surface area contributed by atoms with Gasteiger partial charge in [0.25, 0.3) is 0 Å². The van der Waals surface area contributed by atoms with Crippen molar-refractivity contribution >= 4 is 5.82 Å². The van der Waals surface area contributed by atoms with E-state index in [9.17, 15) is 0 Å². The van der Waals surface area contributed by atoms with Gasteiger partial charge in [0.1, 0.15) is 11.6 Å². The molecule has 0 spiro atoms. The van der Waals surface area contributed by atoms with Gasteiger partial charge in [0, 0.05) is 18.8 Å². The molecule has 0 bridgehead atoms. The van der Waals surface area contributed by atoms with Crippen LogP contribution in [0.5, 0.6) is 0 Å². The normalized spacial score (nSPS) is 10.4. The molecule has 2 heterocycles. The van der Waals surface area contributed by atoms with Crippen LogP contribution < -0.4 is 5.73 Å². The van der Waals surface area contributed by atoms with E-state index in [1.807, 2.05) is 17.7 Å². The Morgan fingerprint density at radius 1 is 1.29 bits per heavy atom.